The van der Waals surface area contributed by atoms with Crippen LogP contribution < -0.4 is 5.32 Å². The largest absolute Gasteiger partial charge is 0.480 e. The van der Waals surface area contributed by atoms with Gasteiger partial charge in [-0.1, -0.05) is 17.7 Å². The zero-order valence-electron chi connectivity index (χ0n) is 9.62. The van der Waals surface area contributed by atoms with Gasteiger partial charge >= 0.3 is 5.97 Å². The maximum absolute atomic E-state index is 13.5. The molecule has 3 nitrogen and oxygen atoms in total. The van der Waals surface area contributed by atoms with Crippen molar-refractivity contribution in [1.82, 2.24) is 5.32 Å². The van der Waals surface area contributed by atoms with Crippen LogP contribution in [0.2, 0.25) is 0 Å². The molecule has 1 aromatic carbocycles. The number of rotatable bonds is 4. The number of carboxylic acid groups (broad SMARTS) is 1. The molecule has 1 unspecified atom stereocenters. The van der Waals surface area contributed by atoms with Crippen molar-refractivity contribution in [3.63, 3.8) is 0 Å². The number of nitrogens with one attached hydrogen (secondary N) is 1. The number of carboxylic acids is 1. The van der Waals surface area contributed by atoms with Gasteiger partial charge in [-0.2, -0.15) is 0 Å². The summed E-state index contributed by atoms with van der Waals surface area (Å²) in [5.41, 5.74) is 1.02. The smallest absolute Gasteiger partial charge is 0.325 e. The predicted molar refractivity (Wildman–Crippen MR) is 59.8 cm³/mol. The second kappa shape index (κ2) is 5.07. The van der Waals surface area contributed by atoms with Crippen LogP contribution >= 0.6 is 0 Å². The van der Waals surface area contributed by atoms with Crippen molar-refractivity contribution >= 4 is 5.97 Å². The zero-order valence-corrected chi connectivity index (χ0v) is 9.62. The van der Waals surface area contributed by atoms with E-state index in [4.69, 9.17) is 5.11 Å². The van der Waals surface area contributed by atoms with Crippen LogP contribution in [-0.4, -0.2) is 17.1 Å². The van der Waals surface area contributed by atoms with E-state index in [2.05, 4.69) is 5.32 Å². The minimum absolute atomic E-state index is 0.0268. The molecular weight excluding hydrogens is 209 g/mol. The van der Waals surface area contributed by atoms with Gasteiger partial charge in [0.2, 0.25) is 0 Å². The number of hydrogen-bond acceptors (Lipinski definition) is 2. The molecule has 0 aliphatic heterocycles. The molecule has 4 heteroatoms. The van der Waals surface area contributed by atoms with Crippen LogP contribution in [-0.2, 0) is 4.79 Å². The first-order chi connectivity index (χ1) is 7.41. The summed E-state index contributed by atoms with van der Waals surface area (Å²) in [6, 6.07) is 3.44. The monoisotopic (exact) mass is 225 g/mol. The molecule has 0 saturated carbocycles. The second-order valence-electron chi connectivity index (χ2n) is 4.12. The van der Waals surface area contributed by atoms with Crippen molar-refractivity contribution in [3.8, 4) is 0 Å². The first-order valence-electron chi connectivity index (χ1n) is 5.16. The summed E-state index contributed by atoms with van der Waals surface area (Å²) in [7, 11) is 0. The van der Waals surface area contributed by atoms with Gasteiger partial charge < -0.3 is 5.11 Å². The van der Waals surface area contributed by atoms with Crippen molar-refractivity contribution in [3.05, 3.63) is 35.1 Å². The summed E-state index contributed by atoms with van der Waals surface area (Å²) in [6.45, 7) is 5.45. The molecule has 0 spiro atoms. The van der Waals surface area contributed by atoms with Crippen LogP contribution in [0.4, 0.5) is 4.39 Å². The summed E-state index contributed by atoms with van der Waals surface area (Å²) in [5.74, 6) is -1.57. The average Bonchev–Trinajstić information content (AvgIpc) is 2.18. The SMILES string of the molecule is Cc1ccc(F)c(C(NC(C)C)C(=O)O)c1. The molecule has 0 bridgehead atoms. The van der Waals surface area contributed by atoms with Crippen LogP contribution in [0.25, 0.3) is 0 Å². The molecule has 16 heavy (non-hydrogen) atoms. The lowest BCUT2D eigenvalue weighted by Gasteiger charge is -2.18. The van der Waals surface area contributed by atoms with Crippen molar-refractivity contribution in [2.75, 3.05) is 0 Å². The van der Waals surface area contributed by atoms with Gasteiger partial charge in [-0.05, 0) is 26.8 Å². The van der Waals surface area contributed by atoms with Gasteiger partial charge in [0.25, 0.3) is 0 Å². The van der Waals surface area contributed by atoms with Gasteiger partial charge in [-0.3, -0.25) is 10.1 Å². The highest BCUT2D eigenvalue weighted by molar-refractivity contribution is 5.75. The Morgan fingerprint density at radius 2 is 2.06 bits per heavy atom. The quantitative estimate of drug-likeness (QED) is 0.826. The molecule has 0 fully saturated rings. The summed E-state index contributed by atoms with van der Waals surface area (Å²) >= 11 is 0. The standard InChI is InChI=1S/C12H16FNO2/c1-7(2)14-11(12(15)16)9-6-8(3)4-5-10(9)13/h4-7,11,14H,1-3H3,(H,15,16). The van der Waals surface area contributed by atoms with Crippen molar-refractivity contribution < 1.29 is 14.3 Å². The van der Waals surface area contributed by atoms with Crippen LogP contribution in [0.1, 0.15) is 31.0 Å². The first kappa shape index (κ1) is 12.6. The van der Waals surface area contributed by atoms with Crippen LogP contribution in [0, 0.1) is 12.7 Å². The number of aryl methyl sites for hydroxylation is 1. The van der Waals surface area contributed by atoms with Crippen molar-refractivity contribution in [2.24, 2.45) is 0 Å². The Hall–Kier alpha value is -1.42. The number of halogens is 1. The van der Waals surface area contributed by atoms with E-state index in [9.17, 15) is 9.18 Å². The van der Waals surface area contributed by atoms with Gasteiger partial charge in [0.15, 0.2) is 0 Å². The lowest BCUT2D eigenvalue weighted by atomic mass is 10.0. The Kier molecular flexibility index (Phi) is 4.01. The molecule has 0 heterocycles. The number of aliphatic carboxylic acids is 1. The summed E-state index contributed by atoms with van der Waals surface area (Å²) < 4.78 is 13.5. The van der Waals surface area contributed by atoms with Crippen molar-refractivity contribution in [2.45, 2.75) is 32.9 Å². The van der Waals surface area contributed by atoms with E-state index in [-0.39, 0.29) is 11.6 Å². The highest BCUT2D eigenvalue weighted by atomic mass is 19.1. The molecular formula is C12H16FNO2. The molecule has 1 atom stereocenters. The van der Waals surface area contributed by atoms with Gasteiger partial charge in [0, 0.05) is 11.6 Å². The highest BCUT2D eigenvalue weighted by Gasteiger charge is 2.23. The molecule has 2 N–H and O–H groups in total. The third-order valence-corrected chi connectivity index (χ3v) is 2.21. The lowest BCUT2D eigenvalue weighted by Crippen LogP contribution is -2.34. The third kappa shape index (κ3) is 3.03. The minimum Gasteiger partial charge on any atom is -0.480 e. The fourth-order valence-corrected chi connectivity index (χ4v) is 1.51. The third-order valence-electron chi connectivity index (χ3n) is 2.21. The molecule has 0 aromatic heterocycles. The Bertz CT molecular complexity index is 391. The Balaban J connectivity index is 3.10. The summed E-state index contributed by atoms with van der Waals surface area (Å²) in [5, 5.41) is 11.9. The Labute approximate surface area is 94.3 Å². The number of hydrogen-bond donors (Lipinski definition) is 2. The van der Waals surface area contributed by atoms with Gasteiger partial charge in [-0.15, -0.1) is 0 Å². The molecule has 0 amide bonds. The predicted octanol–water partition coefficient (Wildman–Crippen LogP) is 2.26. The van der Waals surface area contributed by atoms with Crippen LogP contribution in [0.5, 0.6) is 0 Å². The topological polar surface area (TPSA) is 49.3 Å². The first-order valence-corrected chi connectivity index (χ1v) is 5.16. The van der Waals surface area contributed by atoms with Gasteiger partial charge in [0.1, 0.15) is 11.9 Å². The summed E-state index contributed by atoms with van der Waals surface area (Å²) in [6.07, 6.45) is 0. The second-order valence-corrected chi connectivity index (χ2v) is 4.12. The van der Waals surface area contributed by atoms with E-state index in [0.29, 0.717) is 0 Å². The zero-order chi connectivity index (χ0) is 12.3. The van der Waals surface area contributed by atoms with Gasteiger partial charge in [-0.25, -0.2) is 4.39 Å². The fourth-order valence-electron chi connectivity index (χ4n) is 1.51. The van der Waals surface area contributed by atoms with E-state index in [0.717, 1.165) is 5.56 Å². The lowest BCUT2D eigenvalue weighted by molar-refractivity contribution is -0.139. The number of benzene rings is 1. The number of carbonyl (C=O) groups is 1. The molecule has 0 saturated heterocycles. The van der Waals surface area contributed by atoms with Gasteiger partial charge in [0.05, 0.1) is 0 Å². The van der Waals surface area contributed by atoms with E-state index >= 15 is 0 Å². The van der Waals surface area contributed by atoms with E-state index < -0.39 is 17.8 Å². The molecule has 1 aromatic rings. The maximum Gasteiger partial charge on any atom is 0.325 e. The van der Waals surface area contributed by atoms with Crippen molar-refractivity contribution in [1.29, 1.82) is 0 Å². The molecule has 0 aliphatic rings. The Morgan fingerprint density at radius 1 is 1.44 bits per heavy atom. The highest BCUT2D eigenvalue weighted by Crippen LogP contribution is 2.19. The molecule has 0 radical (unpaired) electrons. The Morgan fingerprint density at radius 3 is 2.56 bits per heavy atom. The molecule has 88 valence electrons. The van der Waals surface area contributed by atoms with E-state index in [1.54, 1.807) is 19.1 Å². The molecule has 1 rings (SSSR count). The van der Waals surface area contributed by atoms with E-state index in [1.165, 1.54) is 6.07 Å². The minimum atomic E-state index is -1.07. The summed E-state index contributed by atoms with van der Waals surface area (Å²) in [4.78, 5) is 11.1. The molecule has 0 aliphatic carbocycles. The fraction of sp³-hybridized carbons (Fsp3) is 0.417. The maximum atomic E-state index is 13.5. The normalized spacial score (nSPS) is 12.8. The van der Waals surface area contributed by atoms with E-state index in [1.807, 2.05) is 13.8 Å². The average molecular weight is 225 g/mol. The van der Waals surface area contributed by atoms with Crippen LogP contribution in [0.15, 0.2) is 18.2 Å². The van der Waals surface area contributed by atoms with Crippen LogP contribution in [0.3, 0.4) is 0 Å².